The number of ether oxygens (including phenoxy) is 2. The highest BCUT2D eigenvalue weighted by molar-refractivity contribution is 5.81. The fourth-order valence-corrected chi connectivity index (χ4v) is 4.58. The summed E-state index contributed by atoms with van der Waals surface area (Å²) in [4.78, 5) is 2.31. The van der Waals surface area contributed by atoms with Gasteiger partial charge in [-0.1, -0.05) is 48.5 Å². The second-order valence-corrected chi connectivity index (χ2v) is 8.13. The van der Waals surface area contributed by atoms with Crippen LogP contribution < -0.4 is 9.47 Å². The lowest BCUT2D eigenvalue weighted by Crippen LogP contribution is -2.38. The third-order valence-electron chi connectivity index (χ3n) is 6.26. The number of aliphatic hydroxyl groups excluding tert-OH is 1. The first kappa shape index (κ1) is 19.7. The Morgan fingerprint density at radius 2 is 1.55 bits per heavy atom. The Kier molecular flexibility index (Phi) is 5.39. The van der Waals surface area contributed by atoms with Crippen LogP contribution >= 0.6 is 0 Å². The van der Waals surface area contributed by atoms with Gasteiger partial charge in [0.05, 0.1) is 7.11 Å². The lowest BCUT2D eigenvalue weighted by Gasteiger charge is -2.35. The Bertz CT molecular complexity index is 1070. The van der Waals surface area contributed by atoms with Crippen molar-refractivity contribution >= 4 is 6.08 Å². The standard InChI is InChI=1S/C27H27NO3/c1-30-20-10-12-21(13-11-20)31-22-14-16-28(17-15-22)26-18-25-23(19-6-3-2-4-7-19)8-5-9-24(25)27(26)29/h2-13,18,22,27,29H,14-17H2,1H3. The van der Waals surface area contributed by atoms with Gasteiger partial charge in [-0.15, -0.1) is 0 Å². The van der Waals surface area contributed by atoms with Crippen molar-refractivity contribution in [1.29, 1.82) is 0 Å². The molecule has 1 heterocycles. The molecule has 4 heteroatoms. The predicted molar refractivity (Wildman–Crippen MR) is 123 cm³/mol. The Balaban J connectivity index is 1.29. The molecule has 0 radical (unpaired) electrons. The molecular formula is C27H27NO3. The van der Waals surface area contributed by atoms with Crippen LogP contribution in [0.1, 0.15) is 30.1 Å². The van der Waals surface area contributed by atoms with Crippen LogP contribution in [0.3, 0.4) is 0 Å². The van der Waals surface area contributed by atoms with Gasteiger partial charge in [0.1, 0.15) is 23.7 Å². The molecule has 3 aromatic rings. The number of methoxy groups -OCH3 is 1. The first-order valence-corrected chi connectivity index (χ1v) is 10.9. The van der Waals surface area contributed by atoms with E-state index in [-0.39, 0.29) is 6.10 Å². The maximum atomic E-state index is 11.1. The zero-order valence-electron chi connectivity index (χ0n) is 17.7. The molecule has 31 heavy (non-hydrogen) atoms. The number of aliphatic hydroxyl groups is 1. The number of hydrogen-bond donors (Lipinski definition) is 1. The van der Waals surface area contributed by atoms with Crippen molar-refractivity contribution < 1.29 is 14.6 Å². The molecule has 2 aliphatic rings. The van der Waals surface area contributed by atoms with Crippen LogP contribution in [-0.2, 0) is 0 Å². The van der Waals surface area contributed by atoms with E-state index in [1.54, 1.807) is 7.11 Å². The van der Waals surface area contributed by atoms with Gasteiger partial charge < -0.3 is 19.5 Å². The zero-order chi connectivity index (χ0) is 21.2. The highest BCUT2D eigenvalue weighted by atomic mass is 16.5. The highest BCUT2D eigenvalue weighted by Gasteiger charge is 2.31. The van der Waals surface area contributed by atoms with Crippen molar-refractivity contribution in [1.82, 2.24) is 4.90 Å². The summed E-state index contributed by atoms with van der Waals surface area (Å²) >= 11 is 0. The number of fused-ring (bicyclic) bond motifs is 1. The van der Waals surface area contributed by atoms with Crippen LogP contribution in [0.4, 0.5) is 0 Å². The van der Waals surface area contributed by atoms with Crippen molar-refractivity contribution in [2.24, 2.45) is 0 Å². The molecule has 1 N–H and O–H groups in total. The maximum Gasteiger partial charge on any atom is 0.119 e. The molecule has 0 aromatic heterocycles. The summed E-state index contributed by atoms with van der Waals surface area (Å²) in [7, 11) is 1.67. The summed E-state index contributed by atoms with van der Waals surface area (Å²) in [5.41, 5.74) is 5.47. The average molecular weight is 414 g/mol. The van der Waals surface area contributed by atoms with Crippen LogP contribution in [0.15, 0.2) is 78.5 Å². The quantitative estimate of drug-likeness (QED) is 0.617. The number of hydrogen-bond acceptors (Lipinski definition) is 4. The molecule has 1 aliphatic carbocycles. The molecule has 1 unspecified atom stereocenters. The lowest BCUT2D eigenvalue weighted by atomic mass is 9.97. The van der Waals surface area contributed by atoms with Gasteiger partial charge in [-0.3, -0.25) is 0 Å². The van der Waals surface area contributed by atoms with Crippen molar-refractivity contribution in [3.63, 3.8) is 0 Å². The van der Waals surface area contributed by atoms with Gasteiger partial charge in [-0.25, -0.2) is 0 Å². The zero-order valence-corrected chi connectivity index (χ0v) is 17.7. The summed E-state index contributed by atoms with van der Waals surface area (Å²) in [6, 6.07) is 24.3. The van der Waals surface area contributed by atoms with E-state index in [2.05, 4.69) is 41.3 Å². The van der Waals surface area contributed by atoms with E-state index in [4.69, 9.17) is 9.47 Å². The van der Waals surface area contributed by atoms with Crippen LogP contribution in [0, 0.1) is 0 Å². The topological polar surface area (TPSA) is 41.9 Å². The van der Waals surface area contributed by atoms with E-state index in [1.165, 1.54) is 11.1 Å². The van der Waals surface area contributed by atoms with Gasteiger partial charge in [-0.05, 0) is 52.6 Å². The minimum Gasteiger partial charge on any atom is -0.497 e. The van der Waals surface area contributed by atoms with E-state index in [1.807, 2.05) is 42.5 Å². The van der Waals surface area contributed by atoms with E-state index < -0.39 is 6.10 Å². The molecule has 0 bridgehead atoms. The van der Waals surface area contributed by atoms with Crippen molar-refractivity contribution in [3.05, 3.63) is 89.6 Å². The monoisotopic (exact) mass is 413 g/mol. The van der Waals surface area contributed by atoms with Crippen molar-refractivity contribution in [3.8, 4) is 22.6 Å². The highest BCUT2D eigenvalue weighted by Crippen LogP contribution is 2.41. The molecule has 0 amide bonds. The Hall–Kier alpha value is -3.24. The number of nitrogens with zero attached hydrogens (tertiary/aromatic N) is 1. The number of likely N-dealkylation sites (tertiary alicyclic amines) is 1. The molecule has 4 nitrogen and oxygen atoms in total. The number of benzene rings is 3. The second kappa shape index (κ2) is 8.48. The largest absolute Gasteiger partial charge is 0.497 e. The smallest absolute Gasteiger partial charge is 0.119 e. The predicted octanol–water partition coefficient (Wildman–Crippen LogP) is 5.29. The van der Waals surface area contributed by atoms with E-state index in [9.17, 15) is 5.11 Å². The van der Waals surface area contributed by atoms with Crippen molar-refractivity contribution in [2.45, 2.75) is 25.0 Å². The third-order valence-corrected chi connectivity index (χ3v) is 6.26. The van der Waals surface area contributed by atoms with E-state index in [0.29, 0.717) is 0 Å². The molecule has 5 rings (SSSR count). The van der Waals surface area contributed by atoms with E-state index >= 15 is 0 Å². The molecule has 1 fully saturated rings. The summed E-state index contributed by atoms with van der Waals surface area (Å²) in [6.45, 7) is 1.75. The maximum absolute atomic E-state index is 11.1. The van der Waals surface area contributed by atoms with Gasteiger partial charge in [0, 0.05) is 31.6 Å². The lowest BCUT2D eigenvalue weighted by molar-refractivity contribution is 0.0960. The first-order chi connectivity index (χ1) is 15.2. The molecule has 1 aliphatic heterocycles. The number of rotatable bonds is 5. The fraction of sp³-hybridized carbons (Fsp3) is 0.259. The molecule has 0 saturated carbocycles. The Labute approximate surface area is 183 Å². The first-order valence-electron chi connectivity index (χ1n) is 10.9. The second-order valence-electron chi connectivity index (χ2n) is 8.13. The molecule has 1 saturated heterocycles. The third kappa shape index (κ3) is 3.91. The normalized spacial score (nSPS) is 18.5. The van der Waals surface area contributed by atoms with Crippen LogP contribution in [0.25, 0.3) is 17.2 Å². The van der Waals surface area contributed by atoms with Gasteiger partial charge in [0.15, 0.2) is 0 Å². The summed E-state index contributed by atoms with van der Waals surface area (Å²) in [5.74, 6) is 1.71. The van der Waals surface area contributed by atoms with Gasteiger partial charge in [0.25, 0.3) is 0 Å². The van der Waals surface area contributed by atoms with Crippen LogP contribution in [0.5, 0.6) is 11.5 Å². The summed E-state index contributed by atoms with van der Waals surface area (Å²) < 4.78 is 11.4. The average Bonchev–Trinajstić information content (AvgIpc) is 3.17. The minimum atomic E-state index is -0.572. The van der Waals surface area contributed by atoms with Gasteiger partial charge >= 0.3 is 0 Å². The fourth-order valence-electron chi connectivity index (χ4n) is 4.58. The van der Waals surface area contributed by atoms with Crippen LogP contribution in [0.2, 0.25) is 0 Å². The number of piperidine rings is 1. The summed E-state index contributed by atoms with van der Waals surface area (Å²) in [5, 5.41) is 11.1. The van der Waals surface area contributed by atoms with Crippen molar-refractivity contribution in [2.75, 3.05) is 20.2 Å². The molecule has 158 valence electrons. The molecule has 0 spiro atoms. The SMILES string of the molecule is COc1ccc(OC2CCN(C3=Cc4c(-c5ccccc5)cccc4C3O)CC2)cc1. The minimum absolute atomic E-state index is 0.186. The molecule has 1 atom stereocenters. The Morgan fingerprint density at radius 3 is 2.26 bits per heavy atom. The molecular weight excluding hydrogens is 386 g/mol. The van der Waals surface area contributed by atoms with Gasteiger partial charge in [0.2, 0.25) is 0 Å². The molecule has 3 aromatic carbocycles. The van der Waals surface area contributed by atoms with Gasteiger partial charge in [-0.2, -0.15) is 0 Å². The summed E-state index contributed by atoms with van der Waals surface area (Å²) in [6.07, 6.45) is 3.65. The Morgan fingerprint density at radius 1 is 0.839 bits per heavy atom. The van der Waals surface area contributed by atoms with E-state index in [0.717, 1.165) is 54.3 Å². The van der Waals surface area contributed by atoms with Crippen LogP contribution in [-0.4, -0.2) is 36.3 Å².